The summed E-state index contributed by atoms with van der Waals surface area (Å²) in [6.07, 6.45) is 5.60. The van der Waals surface area contributed by atoms with Gasteiger partial charge < -0.3 is 10.5 Å². The van der Waals surface area contributed by atoms with Crippen LogP contribution in [-0.4, -0.2) is 40.0 Å². The van der Waals surface area contributed by atoms with E-state index in [0.717, 1.165) is 4.31 Å². The maximum absolute atomic E-state index is 12.4. The van der Waals surface area contributed by atoms with Crippen LogP contribution in [0, 0.1) is 12.3 Å². The number of ether oxygens (including phenoxy) is 1. The van der Waals surface area contributed by atoms with E-state index in [9.17, 15) is 8.42 Å². The van der Waals surface area contributed by atoms with Crippen molar-refractivity contribution in [3.63, 3.8) is 0 Å². The maximum atomic E-state index is 12.4. The summed E-state index contributed by atoms with van der Waals surface area (Å²) in [6, 6.07) is 4.81. The monoisotopic (exact) mass is 282 g/mol. The van der Waals surface area contributed by atoms with Gasteiger partial charge in [0, 0.05) is 7.05 Å². The number of nitrogens with two attached hydrogens (primary N) is 1. The van der Waals surface area contributed by atoms with Gasteiger partial charge in [0.05, 0.1) is 18.6 Å². The maximum Gasteiger partial charge on any atom is 0.243 e. The Labute approximate surface area is 114 Å². The van der Waals surface area contributed by atoms with Crippen LogP contribution in [0.2, 0.25) is 0 Å². The van der Waals surface area contributed by atoms with Gasteiger partial charge in [-0.3, -0.25) is 0 Å². The molecular weight excluding hydrogens is 264 g/mol. The van der Waals surface area contributed by atoms with Crippen molar-refractivity contribution in [2.75, 3.05) is 27.2 Å². The molecule has 0 saturated heterocycles. The predicted octanol–water partition coefficient (Wildman–Crippen LogP) is 0.450. The second-order valence-electron chi connectivity index (χ2n) is 3.98. The number of nitrogens with zero attached hydrogens (tertiary/aromatic N) is 1. The number of rotatable bonds is 6. The average Bonchev–Trinajstić information content (AvgIpc) is 2.39. The topological polar surface area (TPSA) is 72.6 Å². The fourth-order valence-corrected chi connectivity index (χ4v) is 2.98. The van der Waals surface area contributed by atoms with E-state index in [0.29, 0.717) is 24.3 Å². The zero-order chi connectivity index (χ0) is 14.5. The van der Waals surface area contributed by atoms with Crippen LogP contribution in [0.3, 0.4) is 0 Å². The molecule has 0 amide bonds. The lowest BCUT2D eigenvalue weighted by molar-refractivity contribution is 0.413. The van der Waals surface area contributed by atoms with Crippen LogP contribution in [0.1, 0.15) is 5.56 Å². The lowest BCUT2D eigenvalue weighted by atomic mass is 10.1. The van der Waals surface area contributed by atoms with Crippen molar-refractivity contribution in [1.82, 2.24) is 4.31 Å². The van der Waals surface area contributed by atoms with Gasteiger partial charge in [0.25, 0.3) is 0 Å². The van der Waals surface area contributed by atoms with Crippen molar-refractivity contribution < 1.29 is 13.2 Å². The molecule has 0 atom stereocenters. The van der Waals surface area contributed by atoms with Gasteiger partial charge in [0.2, 0.25) is 10.0 Å². The van der Waals surface area contributed by atoms with Crippen LogP contribution in [0.4, 0.5) is 0 Å². The minimum absolute atomic E-state index is 0.0242. The molecule has 1 aromatic carbocycles. The van der Waals surface area contributed by atoms with E-state index < -0.39 is 10.0 Å². The molecule has 0 fully saturated rings. The van der Waals surface area contributed by atoms with E-state index in [1.807, 2.05) is 0 Å². The van der Waals surface area contributed by atoms with Crippen LogP contribution < -0.4 is 10.5 Å². The second kappa shape index (κ2) is 6.57. The zero-order valence-electron chi connectivity index (χ0n) is 11.1. The molecule has 0 unspecified atom stereocenters. The highest BCUT2D eigenvalue weighted by molar-refractivity contribution is 7.89. The van der Waals surface area contributed by atoms with Gasteiger partial charge in [-0.2, -0.15) is 4.31 Å². The summed E-state index contributed by atoms with van der Waals surface area (Å²) in [6.45, 7) is 0.380. The average molecular weight is 282 g/mol. The Morgan fingerprint density at radius 3 is 2.68 bits per heavy atom. The number of methoxy groups -OCH3 is 1. The first-order chi connectivity index (χ1) is 8.97. The minimum Gasteiger partial charge on any atom is -0.497 e. The Hall–Kier alpha value is -1.55. The smallest absolute Gasteiger partial charge is 0.243 e. The molecule has 104 valence electrons. The van der Waals surface area contributed by atoms with E-state index in [2.05, 4.69) is 5.92 Å². The van der Waals surface area contributed by atoms with Gasteiger partial charge in [-0.25, -0.2) is 8.42 Å². The highest BCUT2D eigenvalue weighted by Crippen LogP contribution is 2.24. The molecule has 6 heteroatoms. The quantitative estimate of drug-likeness (QED) is 0.769. The largest absolute Gasteiger partial charge is 0.497 e. The van der Waals surface area contributed by atoms with Crippen molar-refractivity contribution in [3.8, 4) is 18.1 Å². The molecule has 5 nitrogen and oxygen atoms in total. The minimum atomic E-state index is -3.60. The molecule has 0 heterocycles. The summed E-state index contributed by atoms with van der Waals surface area (Å²) in [5, 5.41) is 0. The van der Waals surface area contributed by atoms with Crippen LogP contribution in [0.25, 0.3) is 0 Å². The summed E-state index contributed by atoms with van der Waals surface area (Å²) < 4.78 is 31.0. The fraction of sp³-hybridized carbons (Fsp3) is 0.385. The molecule has 0 aliphatic carbocycles. The summed E-state index contributed by atoms with van der Waals surface area (Å²) >= 11 is 0. The van der Waals surface area contributed by atoms with E-state index in [1.165, 1.54) is 20.2 Å². The number of benzene rings is 1. The number of sulfonamides is 1. The van der Waals surface area contributed by atoms with Gasteiger partial charge in [-0.1, -0.05) is 5.92 Å². The van der Waals surface area contributed by atoms with Crippen LogP contribution >= 0.6 is 0 Å². The Bertz CT molecular complexity index is 576. The van der Waals surface area contributed by atoms with E-state index >= 15 is 0 Å². The molecule has 0 spiro atoms. The molecule has 0 saturated carbocycles. The number of hydrogen-bond acceptors (Lipinski definition) is 4. The van der Waals surface area contributed by atoms with Gasteiger partial charge in [-0.05, 0) is 36.7 Å². The van der Waals surface area contributed by atoms with Crippen LogP contribution in [0.15, 0.2) is 23.1 Å². The summed E-state index contributed by atoms with van der Waals surface area (Å²) in [5.74, 6) is 2.91. The first-order valence-electron chi connectivity index (χ1n) is 5.74. The molecule has 2 N–H and O–H groups in total. The summed E-state index contributed by atoms with van der Waals surface area (Å²) in [4.78, 5) is 0.219. The molecule has 19 heavy (non-hydrogen) atoms. The third-order valence-corrected chi connectivity index (χ3v) is 4.59. The second-order valence-corrected chi connectivity index (χ2v) is 5.99. The van der Waals surface area contributed by atoms with Gasteiger partial charge in [-0.15, -0.1) is 6.42 Å². The standard InChI is InChI=1S/C13H18N2O3S/c1-4-9-15(2)19(16,17)13-6-5-12(18-3)10-11(13)7-8-14/h1,5-6,10H,7-9,14H2,2-3H3. The molecule has 0 bridgehead atoms. The van der Waals surface area contributed by atoms with Gasteiger partial charge >= 0.3 is 0 Å². The molecule has 1 rings (SSSR count). The van der Waals surface area contributed by atoms with Crippen molar-refractivity contribution >= 4 is 10.0 Å². The molecule has 0 aromatic heterocycles. The molecular formula is C13H18N2O3S. The third-order valence-electron chi connectivity index (χ3n) is 2.68. The molecule has 0 aliphatic rings. The van der Waals surface area contributed by atoms with E-state index in [-0.39, 0.29) is 11.4 Å². The zero-order valence-corrected chi connectivity index (χ0v) is 11.9. The molecule has 0 radical (unpaired) electrons. The Balaban J connectivity index is 3.29. The Kier molecular flexibility index (Phi) is 5.36. The van der Waals surface area contributed by atoms with E-state index in [4.69, 9.17) is 16.9 Å². The fourth-order valence-electron chi connectivity index (χ4n) is 1.67. The van der Waals surface area contributed by atoms with Crippen molar-refractivity contribution in [2.45, 2.75) is 11.3 Å². The SMILES string of the molecule is C#CCN(C)S(=O)(=O)c1ccc(OC)cc1CCN. The number of hydrogen-bond donors (Lipinski definition) is 1. The van der Waals surface area contributed by atoms with Crippen molar-refractivity contribution in [1.29, 1.82) is 0 Å². The molecule has 0 aliphatic heterocycles. The first-order valence-corrected chi connectivity index (χ1v) is 7.18. The number of terminal acetylenes is 1. The Morgan fingerprint density at radius 1 is 1.47 bits per heavy atom. The highest BCUT2D eigenvalue weighted by Gasteiger charge is 2.23. The van der Waals surface area contributed by atoms with Gasteiger partial charge in [0.1, 0.15) is 5.75 Å². The summed E-state index contributed by atoms with van der Waals surface area (Å²) in [7, 11) is -0.621. The lowest BCUT2D eigenvalue weighted by Crippen LogP contribution is -2.28. The van der Waals surface area contributed by atoms with E-state index in [1.54, 1.807) is 12.1 Å². The third kappa shape index (κ3) is 3.47. The summed E-state index contributed by atoms with van der Waals surface area (Å²) in [5.41, 5.74) is 6.15. The first kappa shape index (κ1) is 15.5. The van der Waals surface area contributed by atoms with Crippen LogP contribution in [-0.2, 0) is 16.4 Å². The normalized spacial score (nSPS) is 11.3. The Morgan fingerprint density at radius 2 is 2.16 bits per heavy atom. The van der Waals surface area contributed by atoms with Crippen molar-refractivity contribution in [3.05, 3.63) is 23.8 Å². The van der Waals surface area contributed by atoms with Crippen LogP contribution in [0.5, 0.6) is 5.75 Å². The molecule has 1 aromatic rings. The predicted molar refractivity (Wildman–Crippen MR) is 74.4 cm³/mol. The van der Waals surface area contributed by atoms with Gasteiger partial charge in [0.15, 0.2) is 0 Å². The lowest BCUT2D eigenvalue weighted by Gasteiger charge is -2.17. The highest BCUT2D eigenvalue weighted by atomic mass is 32.2. The van der Waals surface area contributed by atoms with Crippen molar-refractivity contribution in [2.24, 2.45) is 5.73 Å².